The van der Waals surface area contributed by atoms with E-state index in [1.165, 1.54) is 31.2 Å². The molecule has 0 saturated carbocycles. The molecule has 1 aliphatic rings. The summed E-state index contributed by atoms with van der Waals surface area (Å²) in [4.78, 5) is 39.4. The summed E-state index contributed by atoms with van der Waals surface area (Å²) in [6, 6.07) is 0.722. The highest BCUT2D eigenvalue weighted by molar-refractivity contribution is 6.00. The van der Waals surface area contributed by atoms with E-state index < -0.39 is 12.0 Å². The predicted octanol–water partition coefficient (Wildman–Crippen LogP) is 0.231. The molecule has 1 saturated heterocycles. The van der Waals surface area contributed by atoms with Crippen LogP contribution < -0.4 is 0 Å². The van der Waals surface area contributed by atoms with Crippen molar-refractivity contribution >= 4 is 17.7 Å². The first-order valence-electron chi connectivity index (χ1n) is 6.20. The summed E-state index contributed by atoms with van der Waals surface area (Å²) in [6.45, 7) is 2.19. The molecule has 1 aromatic rings. The van der Waals surface area contributed by atoms with E-state index in [9.17, 15) is 14.4 Å². The zero-order valence-corrected chi connectivity index (χ0v) is 11.3. The maximum atomic E-state index is 12.4. The van der Waals surface area contributed by atoms with E-state index >= 15 is 0 Å². The van der Waals surface area contributed by atoms with Crippen molar-refractivity contribution in [2.45, 2.75) is 13.0 Å². The highest BCUT2D eigenvalue weighted by Gasteiger charge is 2.34. The van der Waals surface area contributed by atoms with Crippen molar-refractivity contribution in [2.24, 2.45) is 0 Å². The molecule has 1 atom stereocenters. The highest BCUT2D eigenvalue weighted by atomic mass is 16.5. The number of hydrogen-bond acceptors (Lipinski definition) is 5. The smallest absolute Gasteiger partial charge is 0.331 e. The standard InChI is InChI=1S/C13H16N2O5/c1-8(16)9-5-10(14-6-9)12(17)15-3-4-20-7-11(15)13(18)19-2/h5-6,11,14H,3-4,7H2,1-2H3. The van der Waals surface area contributed by atoms with Crippen molar-refractivity contribution in [3.8, 4) is 0 Å². The summed E-state index contributed by atoms with van der Waals surface area (Å²) in [6.07, 6.45) is 1.48. The SMILES string of the molecule is COC(=O)C1COCCN1C(=O)c1cc(C(C)=O)c[nH]1. The van der Waals surface area contributed by atoms with Crippen molar-refractivity contribution in [1.82, 2.24) is 9.88 Å². The quantitative estimate of drug-likeness (QED) is 0.632. The molecule has 0 spiro atoms. The number of ether oxygens (including phenoxy) is 2. The fourth-order valence-corrected chi connectivity index (χ4v) is 2.05. The molecule has 1 unspecified atom stereocenters. The van der Waals surface area contributed by atoms with E-state index in [0.29, 0.717) is 18.7 Å². The van der Waals surface area contributed by atoms with E-state index in [1.54, 1.807) is 0 Å². The number of nitrogens with one attached hydrogen (secondary N) is 1. The first-order chi connectivity index (χ1) is 9.54. The van der Waals surface area contributed by atoms with Gasteiger partial charge in [-0.2, -0.15) is 0 Å². The molecule has 7 nitrogen and oxygen atoms in total. The minimum absolute atomic E-state index is 0.110. The Kier molecular flexibility index (Phi) is 4.19. The average molecular weight is 280 g/mol. The number of carbonyl (C=O) groups is 3. The van der Waals surface area contributed by atoms with Crippen molar-refractivity contribution in [1.29, 1.82) is 0 Å². The summed E-state index contributed by atoms with van der Waals surface area (Å²) in [7, 11) is 1.27. The summed E-state index contributed by atoms with van der Waals surface area (Å²) in [5, 5.41) is 0. The number of rotatable bonds is 3. The van der Waals surface area contributed by atoms with Crippen molar-refractivity contribution in [3.63, 3.8) is 0 Å². The summed E-state index contributed by atoms with van der Waals surface area (Å²) in [5.41, 5.74) is 0.697. The number of aromatic amines is 1. The lowest BCUT2D eigenvalue weighted by atomic mass is 10.2. The Morgan fingerprint density at radius 2 is 2.20 bits per heavy atom. The van der Waals surface area contributed by atoms with Crippen LogP contribution in [0, 0.1) is 0 Å². The zero-order valence-electron chi connectivity index (χ0n) is 11.3. The van der Waals surface area contributed by atoms with Crippen molar-refractivity contribution in [3.05, 3.63) is 23.5 Å². The van der Waals surface area contributed by atoms with Crippen LogP contribution in [0.3, 0.4) is 0 Å². The van der Waals surface area contributed by atoms with E-state index in [2.05, 4.69) is 9.72 Å². The highest BCUT2D eigenvalue weighted by Crippen LogP contribution is 2.14. The maximum absolute atomic E-state index is 12.4. The van der Waals surface area contributed by atoms with Crippen LogP contribution in [0.15, 0.2) is 12.3 Å². The Morgan fingerprint density at radius 1 is 1.45 bits per heavy atom. The van der Waals surface area contributed by atoms with Gasteiger partial charge in [0.05, 0.1) is 20.3 Å². The van der Waals surface area contributed by atoms with Gasteiger partial charge >= 0.3 is 5.97 Å². The molecule has 0 aliphatic carbocycles. The molecule has 0 radical (unpaired) electrons. The molecule has 0 bridgehead atoms. The number of carbonyl (C=O) groups excluding carboxylic acids is 3. The first kappa shape index (κ1) is 14.3. The van der Waals surface area contributed by atoms with Crippen molar-refractivity contribution < 1.29 is 23.9 Å². The second-order valence-electron chi connectivity index (χ2n) is 4.47. The molecular weight excluding hydrogens is 264 g/mol. The predicted molar refractivity (Wildman–Crippen MR) is 68.5 cm³/mol. The number of hydrogen-bond donors (Lipinski definition) is 1. The largest absolute Gasteiger partial charge is 0.467 e. The third kappa shape index (κ3) is 2.72. The summed E-state index contributed by atoms with van der Waals surface area (Å²) < 4.78 is 9.88. The van der Waals surface area contributed by atoms with Crippen LogP contribution in [0.4, 0.5) is 0 Å². The fourth-order valence-electron chi connectivity index (χ4n) is 2.05. The molecule has 108 valence electrons. The maximum Gasteiger partial charge on any atom is 0.331 e. The minimum Gasteiger partial charge on any atom is -0.467 e. The second-order valence-corrected chi connectivity index (χ2v) is 4.47. The minimum atomic E-state index is -0.759. The van der Waals surface area contributed by atoms with Crippen LogP contribution in [0.1, 0.15) is 27.8 Å². The average Bonchev–Trinajstić information content (AvgIpc) is 2.95. The lowest BCUT2D eigenvalue weighted by Crippen LogP contribution is -2.53. The number of amides is 1. The van der Waals surface area contributed by atoms with Gasteiger partial charge in [-0.05, 0) is 13.0 Å². The fraction of sp³-hybridized carbons (Fsp3) is 0.462. The van der Waals surface area contributed by atoms with Gasteiger partial charge in [0, 0.05) is 18.3 Å². The molecule has 1 aromatic heterocycles. The van der Waals surface area contributed by atoms with Gasteiger partial charge in [0.25, 0.3) is 5.91 Å². The zero-order chi connectivity index (χ0) is 14.7. The van der Waals surface area contributed by atoms with Gasteiger partial charge in [-0.15, -0.1) is 0 Å². The van der Waals surface area contributed by atoms with Gasteiger partial charge in [0.1, 0.15) is 5.69 Å². The Balaban J connectivity index is 2.20. The normalized spacial score (nSPS) is 18.7. The Labute approximate surface area is 115 Å². The number of methoxy groups -OCH3 is 1. The Hall–Kier alpha value is -2.15. The number of nitrogens with zero attached hydrogens (tertiary/aromatic N) is 1. The monoisotopic (exact) mass is 280 g/mol. The molecule has 1 fully saturated rings. The molecule has 1 aliphatic heterocycles. The number of Topliss-reactive ketones (excluding diaryl/α,β-unsaturated/α-hetero) is 1. The molecule has 1 amide bonds. The van der Waals surface area contributed by atoms with Crippen LogP contribution >= 0.6 is 0 Å². The number of esters is 1. The van der Waals surface area contributed by atoms with Crippen LogP contribution in [-0.4, -0.2) is 60.5 Å². The van der Waals surface area contributed by atoms with Gasteiger partial charge in [-0.3, -0.25) is 9.59 Å². The third-order valence-electron chi connectivity index (χ3n) is 3.18. The number of aromatic nitrogens is 1. The third-order valence-corrected chi connectivity index (χ3v) is 3.18. The molecule has 2 heterocycles. The van der Waals surface area contributed by atoms with Gasteiger partial charge in [-0.25, -0.2) is 4.79 Å². The first-order valence-corrected chi connectivity index (χ1v) is 6.20. The van der Waals surface area contributed by atoms with Crippen LogP contribution in [0.25, 0.3) is 0 Å². The van der Waals surface area contributed by atoms with Gasteiger partial charge in [-0.1, -0.05) is 0 Å². The molecule has 20 heavy (non-hydrogen) atoms. The van der Waals surface area contributed by atoms with Crippen molar-refractivity contribution in [2.75, 3.05) is 26.9 Å². The molecule has 0 aromatic carbocycles. The van der Waals surface area contributed by atoms with Crippen LogP contribution in [0.2, 0.25) is 0 Å². The number of ketones is 1. The Morgan fingerprint density at radius 3 is 2.80 bits per heavy atom. The molecular formula is C13H16N2O5. The van der Waals surface area contributed by atoms with E-state index in [1.807, 2.05) is 0 Å². The van der Waals surface area contributed by atoms with Gasteiger partial charge < -0.3 is 19.4 Å². The molecule has 1 N–H and O–H groups in total. The lowest BCUT2D eigenvalue weighted by molar-refractivity contribution is -0.151. The van der Waals surface area contributed by atoms with E-state index in [0.717, 1.165) is 0 Å². The van der Waals surface area contributed by atoms with Gasteiger partial charge in [0.15, 0.2) is 11.8 Å². The summed E-state index contributed by atoms with van der Waals surface area (Å²) in [5.74, 6) is -1.00. The Bertz CT molecular complexity index is 537. The van der Waals surface area contributed by atoms with Crippen LogP contribution in [-0.2, 0) is 14.3 Å². The summed E-state index contributed by atoms with van der Waals surface area (Å²) >= 11 is 0. The number of H-pyrrole nitrogens is 1. The molecule has 7 heteroatoms. The topological polar surface area (TPSA) is 88.7 Å². The number of morpholine rings is 1. The van der Waals surface area contributed by atoms with Gasteiger partial charge in [0.2, 0.25) is 0 Å². The van der Waals surface area contributed by atoms with Crippen LogP contribution in [0.5, 0.6) is 0 Å². The van der Waals surface area contributed by atoms with E-state index in [4.69, 9.17) is 4.74 Å². The molecule has 2 rings (SSSR count). The second kappa shape index (κ2) is 5.87. The van der Waals surface area contributed by atoms with E-state index in [-0.39, 0.29) is 24.0 Å². The lowest BCUT2D eigenvalue weighted by Gasteiger charge is -2.33.